The summed E-state index contributed by atoms with van der Waals surface area (Å²) in [6.45, 7) is 1.61. The Morgan fingerprint density at radius 1 is 1.14 bits per heavy atom. The molecule has 1 aliphatic rings. The van der Waals surface area contributed by atoms with Crippen molar-refractivity contribution in [1.29, 1.82) is 0 Å². The lowest BCUT2D eigenvalue weighted by Crippen LogP contribution is -2.38. The number of likely N-dealkylation sites (tertiary alicyclic amines) is 1. The summed E-state index contributed by atoms with van der Waals surface area (Å²) in [5.41, 5.74) is 2.80. The van der Waals surface area contributed by atoms with Crippen LogP contribution in [0, 0.1) is 5.92 Å². The minimum atomic E-state index is 0.0773. The lowest BCUT2D eigenvalue weighted by atomic mass is 9.90. The van der Waals surface area contributed by atoms with Gasteiger partial charge in [-0.3, -0.25) is 4.79 Å². The molecule has 0 bridgehead atoms. The van der Waals surface area contributed by atoms with Crippen molar-refractivity contribution in [2.24, 2.45) is 5.92 Å². The van der Waals surface area contributed by atoms with Crippen LogP contribution >= 0.6 is 0 Å². The number of nitrogens with zero attached hydrogens (tertiary/aromatic N) is 5. The van der Waals surface area contributed by atoms with Gasteiger partial charge in [0.1, 0.15) is 12.1 Å². The summed E-state index contributed by atoms with van der Waals surface area (Å²) < 4.78 is 6.77. The number of hydrogen-bond donors (Lipinski definition) is 0. The van der Waals surface area contributed by atoms with Crippen molar-refractivity contribution in [2.75, 3.05) is 20.2 Å². The molecule has 0 N–H and O–H groups in total. The number of methoxy groups -OCH3 is 1. The number of tetrazole rings is 1. The minimum absolute atomic E-state index is 0.0773. The zero-order valence-electron chi connectivity index (χ0n) is 16.6. The number of carbonyl (C=O) groups is 1. The smallest absolute Gasteiger partial charge is 0.253 e. The summed E-state index contributed by atoms with van der Waals surface area (Å²) in [4.78, 5) is 14.9. The van der Waals surface area contributed by atoms with Crippen molar-refractivity contribution in [3.05, 3.63) is 66.0 Å². The Kier molecular flexibility index (Phi) is 5.84. The highest BCUT2D eigenvalue weighted by atomic mass is 16.5. The van der Waals surface area contributed by atoms with Crippen molar-refractivity contribution in [2.45, 2.75) is 25.7 Å². The second-order valence-electron chi connectivity index (χ2n) is 7.43. The number of rotatable bonds is 6. The van der Waals surface area contributed by atoms with Gasteiger partial charge in [0.25, 0.3) is 5.91 Å². The summed E-state index contributed by atoms with van der Waals surface area (Å²) in [5, 5.41) is 11.2. The van der Waals surface area contributed by atoms with Crippen LogP contribution in [0.5, 0.6) is 5.75 Å². The molecule has 2 heterocycles. The third-order valence-corrected chi connectivity index (χ3v) is 5.61. The summed E-state index contributed by atoms with van der Waals surface area (Å²) in [6.07, 6.45) is 5.85. The molecule has 0 spiro atoms. The van der Waals surface area contributed by atoms with E-state index < -0.39 is 0 Å². The fraction of sp³-hybridized carbons (Fsp3) is 0.364. The predicted octanol–water partition coefficient (Wildman–Crippen LogP) is 3.16. The molecule has 2 aromatic carbocycles. The molecule has 3 aromatic rings. The fourth-order valence-corrected chi connectivity index (χ4v) is 3.83. The molecule has 7 nitrogen and oxygen atoms in total. The Hall–Kier alpha value is -3.22. The van der Waals surface area contributed by atoms with Gasteiger partial charge in [0.2, 0.25) is 0 Å². The molecule has 1 amide bonds. The maximum absolute atomic E-state index is 12.9. The lowest BCUT2D eigenvalue weighted by molar-refractivity contribution is 0.0687. The van der Waals surface area contributed by atoms with Crippen LogP contribution in [0.15, 0.2) is 54.9 Å². The molecule has 0 unspecified atom stereocenters. The SMILES string of the molecule is COc1ccc(CCC2CCN(C(=O)c3cccc(-n4cnnn4)c3)CC2)cc1. The number of piperidine rings is 1. The number of carbonyl (C=O) groups excluding carboxylic acids is 1. The van der Waals surface area contributed by atoms with Crippen LogP contribution in [-0.2, 0) is 6.42 Å². The van der Waals surface area contributed by atoms with E-state index in [1.807, 2.05) is 41.3 Å². The third-order valence-electron chi connectivity index (χ3n) is 5.61. The van der Waals surface area contributed by atoms with Gasteiger partial charge in [-0.1, -0.05) is 18.2 Å². The average molecular weight is 391 g/mol. The van der Waals surface area contributed by atoms with Gasteiger partial charge in [0.15, 0.2) is 0 Å². The molecule has 0 saturated carbocycles. The maximum Gasteiger partial charge on any atom is 0.253 e. The van der Waals surface area contributed by atoms with Crippen LogP contribution in [0.25, 0.3) is 5.69 Å². The Morgan fingerprint density at radius 3 is 2.62 bits per heavy atom. The highest BCUT2D eigenvalue weighted by Gasteiger charge is 2.23. The van der Waals surface area contributed by atoms with Gasteiger partial charge in [0.05, 0.1) is 12.8 Å². The van der Waals surface area contributed by atoms with Gasteiger partial charge < -0.3 is 9.64 Å². The van der Waals surface area contributed by atoms with Crippen LogP contribution < -0.4 is 4.74 Å². The average Bonchev–Trinajstić information content (AvgIpc) is 3.33. The van der Waals surface area contributed by atoms with Crippen molar-refractivity contribution in [1.82, 2.24) is 25.1 Å². The van der Waals surface area contributed by atoms with Crippen molar-refractivity contribution >= 4 is 5.91 Å². The van der Waals surface area contributed by atoms with Crippen LogP contribution in [-0.4, -0.2) is 51.2 Å². The van der Waals surface area contributed by atoms with E-state index in [0.717, 1.165) is 50.2 Å². The zero-order chi connectivity index (χ0) is 20.1. The second-order valence-corrected chi connectivity index (χ2v) is 7.43. The van der Waals surface area contributed by atoms with Crippen molar-refractivity contribution in [3.8, 4) is 11.4 Å². The predicted molar refractivity (Wildman–Crippen MR) is 109 cm³/mol. The standard InChI is InChI=1S/C22H25N5O2/c1-29-21-9-7-17(8-10-21)5-6-18-11-13-26(14-12-18)22(28)19-3-2-4-20(15-19)27-16-23-24-25-27/h2-4,7-10,15-16,18H,5-6,11-14H2,1H3. The van der Waals surface area contributed by atoms with E-state index in [2.05, 4.69) is 27.7 Å². The van der Waals surface area contributed by atoms with E-state index in [9.17, 15) is 4.79 Å². The van der Waals surface area contributed by atoms with E-state index in [-0.39, 0.29) is 5.91 Å². The van der Waals surface area contributed by atoms with Gasteiger partial charge in [0, 0.05) is 18.7 Å². The molecule has 1 saturated heterocycles. The molecular formula is C22H25N5O2. The first kappa shape index (κ1) is 19.1. The first-order valence-corrected chi connectivity index (χ1v) is 9.98. The Bertz CT molecular complexity index is 932. The molecule has 0 radical (unpaired) electrons. The minimum Gasteiger partial charge on any atom is -0.497 e. The van der Waals surface area contributed by atoms with Gasteiger partial charge >= 0.3 is 0 Å². The van der Waals surface area contributed by atoms with Crippen LogP contribution in [0.4, 0.5) is 0 Å². The quantitative estimate of drug-likeness (QED) is 0.645. The van der Waals surface area contributed by atoms with Crippen LogP contribution in [0.2, 0.25) is 0 Å². The van der Waals surface area contributed by atoms with Gasteiger partial charge in [-0.25, -0.2) is 4.68 Å². The highest BCUT2D eigenvalue weighted by Crippen LogP contribution is 2.24. The molecule has 0 aliphatic carbocycles. The number of ether oxygens (including phenoxy) is 1. The third kappa shape index (κ3) is 4.62. The van der Waals surface area contributed by atoms with Gasteiger partial charge in [-0.05, 0) is 77.9 Å². The van der Waals surface area contributed by atoms with Crippen LogP contribution in [0.3, 0.4) is 0 Å². The van der Waals surface area contributed by atoms with Crippen molar-refractivity contribution in [3.63, 3.8) is 0 Å². The topological polar surface area (TPSA) is 73.1 Å². The van der Waals surface area contributed by atoms with Gasteiger partial charge in [-0.2, -0.15) is 0 Å². The molecule has 1 aliphatic heterocycles. The van der Waals surface area contributed by atoms with Gasteiger partial charge in [-0.15, -0.1) is 5.10 Å². The number of aryl methyl sites for hydroxylation is 1. The molecule has 1 fully saturated rings. The Balaban J connectivity index is 1.30. The number of amides is 1. The normalized spacial score (nSPS) is 14.7. The van der Waals surface area contributed by atoms with Crippen molar-refractivity contribution < 1.29 is 9.53 Å². The first-order chi connectivity index (χ1) is 14.2. The van der Waals surface area contributed by atoms with E-state index in [4.69, 9.17) is 4.74 Å². The summed E-state index contributed by atoms with van der Waals surface area (Å²) in [6, 6.07) is 15.7. The maximum atomic E-state index is 12.9. The summed E-state index contributed by atoms with van der Waals surface area (Å²) in [5.74, 6) is 1.63. The lowest BCUT2D eigenvalue weighted by Gasteiger charge is -2.32. The summed E-state index contributed by atoms with van der Waals surface area (Å²) in [7, 11) is 1.69. The van der Waals surface area contributed by atoms with Crippen LogP contribution in [0.1, 0.15) is 35.2 Å². The first-order valence-electron chi connectivity index (χ1n) is 9.98. The highest BCUT2D eigenvalue weighted by molar-refractivity contribution is 5.94. The number of aromatic nitrogens is 4. The Labute approximate surface area is 170 Å². The molecule has 29 heavy (non-hydrogen) atoms. The fourth-order valence-electron chi connectivity index (χ4n) is 3.83. The number of hydrogen-bond acceptors (Lipinski definition) is 5. The van der Waals surface area contributed by atoms with E-state index in [0.29, 0.717) is 11.5 Å². The summed E-state index contributed by atoms with van der Waals surface area (Å²) >= 11 is 0. The monoisotopic (exact) mass is 391 g/mol. The zero-order valence-corrected chi connectivity index (χ0v) is 16.6. The van der Waals surface area contributed by atoms with E-state index >= 15 is 0 Å². The second kappa shape index (κ2) is 8.86. The van der Waals surface area contributed by atoms with E-state index in [1.165, 1.54) is 11.9 Å². The molecule has 1 aromatic heterocycles. The largest absolute Gasteiger partial charge is 0.497 e. The molecule has 150 valence electrons. The Morgan fingerprint density at radius 2 is 1.93 bits per heavy atom. The molecule has 0 atom stereocenters. The van der Waals surface area contributed by atoms with E-state index in [1.54, 1.807) is 11.8 Å². The number of benzene rings is 2. The molecule has 4 rings (SSSR count). The molecular weight excluding hydrogens is 366 g/mol. The molecule has 7 heteroatoms.